The van der Waals surface area contributed by atoms with Gasteiger partial charge in [0.05, 0.1) is 26.9 Å². The number of nitrogens with zero attached hydrogens (tertiary/aromatic N) is 2. The summed E-state index contributed by atoms with van der Waals surface area (Å²) < 4.78 is 16.2. The smallest absolute Gasteiger partial charge is 0.257 e. The van der Waals surface area contributed by atoms with E-state index in [2.05, 4.69) is 24.0 Å². The second-order valence-corrected chi connectivity index (χ2v) is 6.45. The van der Waals surface area contributed by atoms with Crippen LogP contribution in [0.1, 0.15) is 15.9 Å². The number of carbonyl (C=O) groups excluding carboxylic acids is 1. The molecule has 0 radical (unpaired) electrons. The quantitative estimate of drug-likeness (QED) is 0.810. The number of benzene rings is 2. The maximum atomic E-state index is 13.1. The number of aryl methyl sites for hydroxylation is 1. The van der Waals surface area contributed by atoms with E-state index in [1.807, 2.05) is 17.0 Å². The van der Waals surface area contributed by atoms with Crippen LogP contribution < -0.4 is 19.1 Å². The van der Waals surface area contributed by atoms with E-state index >= 15 is 0 Å². The molecule has 27 heavy (non-hydrogen) atoms. The van der Waals surface area contributed by atoms with Crippen LogP contribution >= 0.6 is 0 Å². The molecule has 0 atom stereocenters. The molecule has 0 aliphatic carbocycles. The van der Waals surface area contributed by atoms with Crippen LogP contribution in [0.15, 0.2) is 36.4 Å². The molecule has 0 N–H and O–H groups in total. The summed E-state index contributed by atoms with van der Waals surface area (Å²) in [5, 5.41) is 0. The molecule has 0 spiro atoms. The maximum absolute atomic E-state index is 13.1. The molecule has 3 rings (SSSR count). The number of ether oxygens (including phenoxy) is 3. The monoisotopic (exact) mass is 370 g/mol. The molecule has 0 aromatic heterocycles. The van der Waals surface area contributed by atoms with Gasteiger partial charge in [0.25, 0.3) is 5.91 Å². The Bertz CT molecular complexity index is 814. The molecule has 2 aromatic rings. The van der Waals surface area contributed by atoms with Gasteiger partial charge in [-0.1, -0.05) is 18.2 Å². The average molecular weight is 370 g/mol. The summed E-state index contributed by atoms with van der Waals surface area (Å²) in [7, 11) is 4.63. The molecule has 1 aliphatic rings. The van der Waals surface area contributed by atoms with E-state index in [-0.39, 0.29) is 5.91 Å². The third-order valence-electron chi connectivity index (χ3n) is 4.96. The number of rotatable bonds is 5. The Morgan fingerprint density at radius 3 is 2.11 bits per heavy atom. The Balaban J connectivity index is 1.77. The van der Waals surface area contributed by atoms with Crippen molar-refractivity contribution < 1.29 is 19.0 Å². The zero-order chi connectivity index (χ0) is 19.4. The SMILES string of the molecule is COc1ccc(C(=O)N2CCN(c3ccccc3C)CC2)c(OC)c1OC. The Labute approximate surface area is 160 Å². The minimum atomic E-state index is -0.0581. The fourth-order valence-corrected chi connectivity index (χ4v) is 3.51. The van der Waals surface area contributed by atoms with Gasteiger partial charge in [-0.2, -0.15) is 0 Å². The number of hydrogen-bond acceptors (Lipinski definition) is 5. The predicted molar refractivity (Wildman–Crippen MR) is 105 cm³/mol. The van der Waals surface area contributed by atoms with Crippen molar-refractivity contribution in [1.82, 2.24) is 4.90 Å². The highest BCUT2D eigenvalue weighted by atomic mass is 16.5. The summed E-state index contributed by atoms with van der Waals surface area (Å²) >= 11 is 0. The molecule has 1 amide bonds. The van der Waals surface area contributed by atoms with Crippen molar-refractivity contribution in [2.24, 2.45) is 0 Å². The number of carbonyl (C=O) groups is 1. The highest BCUT2D eigenvalue weighted by molar-refractivity contribution is 5.98. The van der Waals surface area contributed by atoms with Crippen LogP contribution in [0.2, 0.25) is 0 Å². The summed E-state index contributed by atoms with van der Waals surface area (Å²) in [5.74, 6) is 1.32. The van der Waals surface area contributed by atoms with E-state index in [0.717, 1.165) is 13.1 Å². The second-order valence-electron chi connectivity index (χ2n) is 6.45. The molecule has 1 fully saturated rings. The van der Waals surface area contributed by atoms with Gasteiger partial charge in [-0.15, -0.1) is 0 Å². The van der Waals surface area contributed by atoms with Gasteiger partial charge in [0.15, 0.2) is 11.5 Å². The lowest BCUT2D eigenvalue weighted by atomic mass is 10.1. The second kappa shape index (κ2) is 8.20. The zero-order valence-electron chi connectivity index (χ0n) is 16.3. The average Bonchev–Trinajstić information content (AvgIpc) is 2.72. The van der Waals surface area contributed by atoms with Gasteiger partial charge >= 0.3 is 0 Å². The first-order valence-corrected chi connectivity index (χ1v) is 8.99. The molecule has 1 saturated heterocycles. The summed E-state index contributed by atoms with van der Waals surface area (Å²) in [5.41, 5.74) is 2.96. The van der Waals surface area contributed by atoms with Gasteiger partial charge in [0.2, 0.25) is 5.75 Å². The molecule has 0 saturated carbocycles. The lowest BCUT2D eigenvalue weighted by Crippen LogP contribution is -2.49. The van der Waals surface area contributed by atoms with E-state index in [1.165, 1.54) is 25.5 Å². The molecule has 1 aliphatic heterocycles. The molecule has 0 unspecified atom stereocenters. The Hall–Kier alpha value is -2.89. The number of methoxy groups -OCH3 is 3. The van der Waals surface area contributed by atoms with E-state index < -0.39 is 0 Å². The van der Waals surface area contributed by atoms with E-state index in [1.54, 1.807) is 19.2 Å². The molecular weight excluding hydrogens is 344 g/mol. The Kier molecular flexibility index (Phi) is 5.74. The van der Waals surface area contributed by atoms with E-state index in [4.69, 9.17) is 14.2 Å². The minimum absolute atomic E-state index is 0.0581. The zero-order valence-corrected chi connectivity index (χ0v) is 16.3. The molecule has 1 heterocycles. The van der Waals surface area contributed by atoms with E-state index in [9.17, 15) is 4.79 Å². The van der Waals surface area contributed by atoms with E-state index in [0.29, 0.717) is 35.9 Å². The van der Waals surface area contributed by atoms with Gasteiger partial charge in [-0.05, 0) is 30.7 Å². The maximum Gasteiger partial charge on any atom is 0.257 e. The normalized spacial score (nSPS) is 14.1. The number of amides is 1. The van der Waals surface area contributed by atoms with Crippen molar-refractivity contribution >= 4 is 11.6 Å². The molecule has 6 heteroatoms. The molecule has 2 aromatic carbocycles. The first-order chi connectivity index (χ1) is 13.1. The molecule has 0 bridgehead atoms. The Morgan fingerprint density at radius 2 is 1.52 bits per heavy atom. The summed E-state index contributed by atoms with van der Waals surface area (Å²) in [4.78, 5) is 17.3. The molecular formula is C21H26N2O4. The third kappa shape index (κ3) is 3.65. The summed E-state index contributed by atoms with van der Waals surface area (Å²) in [6.45, 7) is 5.02. The van der Waals surface area contributed by atoms with Crippen molar-refractivity contribution in [1.29, 1.82) is 0 Å². The lowest BCUT2D eigenvalue weighted by Gasteiger charge is -2.37. The number of piperazine rings is 1. The largest absolute Gasteiger partial charge is 0.493 e. The number of hydrogen-bond donors (Lipinski definition) is 0. The fraction of sp³-hybridized carbons (Fsp3) is 0.381. The topological polar surface area (TPSA) is 51.2 Å². The number of para-hydroxylation sites is 1. The van der Waals surface area contributed by atoms with Gasteiger partial charge in [0, 0.05) is 31.9 Å². The first kappa shape index (κ1) is 18.9. The fourth-order valence-electron chi connectivity index (χ4n) is 3.51. The van der Waals surface area contributed by atoms with Gasteiger partial charge in [-0.3, -0.25) is 4.79 Å². The highest BCUT2D eigenvalue weighted by Crippen LogP contribution is 2.40. The van der Waals surface area contributed by atoms with Gasteiger partial charge in [0.1, 0.15) is 0 Å². The highest BCUT2D eigenvalue weighted by Gasteiger charge is 2.27. The standard InChI is InChI=1S/C21H26N2O4/c1-15-7-5-6-8-17(15)22-11-13-23(14-12-22)21(24)16-9-10-18(25-2)20(27-4)19(16)26-3/h5-10H,11-14H2,1-4H3. The van der Waals surface area contributed by atoms with Crippen molar-refractivity contribution in [3.8, 4) is 17.2 Å². The van der Waals surface area contributed by atoms with Crippen LogP contribution in [0.4, 0.5) is 5.69 Å². The van der Waals surface area contributed by atoms with Crippen LogP contribution in [-0.4, -0.2) is 58.3 Å². The predicted octanol–water partition coefficient (Wildman–Crippen LogP) is 2.98. The summed E-state index contributed by atoms with van der Waals surface area (Å²) in [6, 6.07) is 11.8. The number of anilines is 1. The Morgan fingerprint density at radius 1 is 0.852 bits per heavy atom. The van der Waals surface area contributed by atoms with Crippen molar-refractivity contribution in [2.45, 2.75) is 6.92 Å². The molecule has 144 valence electrons. The van der Waals surface area contributed by atoms with Crippen LogP contribution in [0, 0.1) is 6.92 Å². The van der Waals surface area contributed by atoms with Gasteiger partial charge in [-0.25, -0.2) is 0 Å². The summed E-state index contributed by atoms with van der Waals surface area (Å²) in [6.07, 6.45) is 0. The lowest BCUT2D eigenvalue weighted by molar-refractivity contribution is 0.0742. The first-order valence-electron chi connectivity index (χ1n) is 8.99. The van der Waals surface area contributed by atoms with Crippen molar-refractivity contribution in [3.05, 3.63) is 47.5 Å². The van der Waals surface area contributed by atoms with Crippen LogP contribution in [0.5, 0.6) is 17.2 Å². The van der Waals surface area contributed by atoms with Crippen molar-refractivity contribution in [2.75, 3.05) is 52.4 Å². The van der Waals surface area contributed by atoms with Crippen molar-refractivity contribution in [3.63, 3.8) is 0 Å². The molecule has 6 nitrogen and oxygen atoms in total. The van der Waals surface area contributed by atoms with Crippen LogP contribution in [0.25, 0.3) is 0 Å². The van der Waals surface area contributed by atoms with Crippen LogP contribution in [-0.2, 0) is 0 Å². The van der Waals surface area contributed by atoms with Crippen LogP contribution in [0.3, 0.4) is 0 Å². The minimum Gasteiger partial charge on any atom is -0.493 e. The third-order valence-corrected chi connectivity index (χ3v) is 4.96. The van der Waals surface area contributed by atoms with Gasteiger partial charge < -0.3 is 24.0 Å².